The van der Waals surface area contributed by atoms with Crippen molar-refractivity contribution in [3.63, 3.8) is 0 Å². The summed E-state index contributed by atoms with van der Waals surface area (Å²) < 4.78 is 27.0. The molecule has 2 aromatic carbocycles. The van der Waals surface area contributed by atoms with Crippen molar-refractivity contribution in [1.82, 2.24) is 14.5 Å². The molecule has 1 aliphatic heterocycles. The molecule has 150 valence electrons. The molecule has 28 heavy (non-hydrogen) atoms. The zero-order valence-corrected chi connectivity index (χ0v) is 17.2. The van der Waals surface area contributed by atoms with Gasteiger partial charge in [0.1, 0.15) is 0 Å². The van der Waals surface area contributed by atoms with Gasteiger partial charge in [0.05, 0.1) is 4.90 Å². The topological polar surface area (TPSA) is 69.7 Å². The highest BCUT2D eigenvalue weighted by molar-refractivity contribution is 7.89. The van der Waals surface area contributed by atoms with Gasteiger partial charge in [-0.05, 0) is 43.7 Å². The van der Waals surface area contributed by atoms with E-state index in [0.717, 1.165) is 5.56 Å². The summed E-state index contributed by atoms with van der Waals surface area (Å²) in [7, 11) is -3.43. The Kier molecular flexibility index (Phi) is 6.49. The molecular formula is C21H27N3O3S. The van der Waals surface area contributed by atoms with Crippen LogP contribution in [-0.4, -0.2) is 55.8 Å². The van der Waals surface area contributed by atoms with Crippen LogP contribution in [0.15, 0.2) is 59.5 Å². The zero-order chi connectivity index (χ0) is 20.1. The van der Waals surface area contributed by atoms with Gasteiger partial charge in [0.2, 0.25) is 10.0 Å². The summed E-state index contributed by atoms with van der Waals surface area (Å²) in [6.45, 7) is 6.82. The summed E-state index contributed by atoms with van der Waals surface area (Å²) in [5.41, 5.74) is 1.70. The maximum atomic E-state index is 12.7. The molecule has 1 aliphatic rings. The van der Waals surface area contributed by atoms with E-state index in [2.05, 4.69) is 10.2 Å². The van der Waals surface area contributed by atoms with Gasteiger partial charge in [-0.25, -0.2) is 8.42 Å². The highest BCUT2D eigenvalue weighted by Gasteiger charge is 2.28. The number of carbonyl (C=O) groups is 1. The lowest BCUT2D eigenvalue weighted by molar-refractivity contribution is 0.0943. The zero-order valence-electron chi connectivity index (χ0n) is 16.3. The predicted molar refractivity (Wildman–Crippen MR) is 110 cm³/mol. The molecule has 2 aromatic rings. The summed E-state index contributed by atoms with van der Waals surface area (Å²) >= 11 is 0. The van der Waals surface area contributed by atoms with Crippen LogP contribution >= 0.6 is 0 Å². The maximum Gasteiger partial charge on any atom is 0.251 e. The molecule has 3 rings (SSSR count). The van der Waals surface area contributed by atoms with Crippen LogP contribution in [0, 0.1) is 0 Å². The third-order valence-electron chi connectivity index (χ3n) is 4.73. The maximum absolute atomic E-state index is 12.7. The minimum absolute atomic E-state index is 0.0735. The van der Waals surface area contributed by atoms with E-state index in [0.29, 0.717) is 43.2 Å². The van der Waals surface area contributed by atoms with Crippen molar-refractivity contribution in [2.24, 2.45) is 0 Å². The molecule has 0 atom stereocenters. The highest BCUT2D eigenvalue weighted by Crippen LogP contribution is 2.18. The van der Waals surface area contributed by atoms with Gasteiger partial charge in [-0.15, -0.1) is 0 Å². The van der Waals surface area contributed by atoms with Crippen LogP contribution in [0.4, 0.5) is 0 Å². The number of hydrogen-bond acceptors (Lipinski definition) is 4. The number of nitrogens with one attached hydrogen (secondary N) is 1. The van der Waals surface area contributed by atoms with Gasteiger partial charge in [0, 0.05) is 44.3 Å². The standard InChI is InChI=1S/C21H27N3O3S/c1-17(2)22-21(25)19-8-6-7-18(15-19)16-23-11-13-24(14-12-23)28(26,27)20-9-4-3-5-10-20/h3-10,15,17H,11-14,16H2,1-2H3,(H,22,25). The van der Waals surface area contributed by atoms with E-state index in [-0.39, 0.29) is 11.9 Å². The molecule has 6 nitrogen and oxygen atoms in total. The minimum atomic E-state index is -3.43. The van der Waals surface area contributed by atoms with Crippen molar-refractivity contribution >= 4 is 15.9 Å². The van der Waals surface area contributed by atoms with Gasteiger partial charge in [-0.2, -0.15) is 4.31 Å². The Morgan fingerprint density at radius 2 is 1.68 bits per heavy atom. The Hall–Kier alpha value is -2.22. The molecule has 0 radical (unpaired) electrons. The fourth-order valence-corrected chi connectivity index (χ4v) is 4.73. The molecule has 1 N–H and O–H groups in total. The Morgan fingerprint density at radius 3 is 2.32 bits per heavy atom. The molecule has 1 amide bonds. The average molecular weight is 402 g/mol. The summed E-state index contributed by atoms with van der Waals surface area (Å²) in [6.07, 6.45) is 0. The fourth-order valence-electron chi connectivity index (χ4n) is 3.28. The molecule has 0 aromatic heterocycles. The van der Waals surface area contributed by atoms with E-state index >= 15 is 0 Å². The number of amides is 1. The summed E-state index contributed by atoms with van der Waals surface area (Å²) in [5.74, 6) is -0.0735. The van der Waals surface area contributed by atoms with E-state index in [1.54, 1.807) is 28.6 Å². The second-order valence-corrected chi connectivity index (χ2v) is 9.26. The first-order chi connectivity index (χ1) is 13.4. The lowest BCUT2D eigenvalue weighted by atomic mass is 10.1. The fraction of sp³-hybridized carbons (Fsp3) is 0.381. The quantitative estimate of drug-likeness (QED) is 0.807. The van der Waals surface area contributed by atoms with Gasteiger partial charge >= 0.3 is 0 Å². The van der Waals surface area contributed by atoms with Crippen LogP contribution in [0.1, 0.15) is 29.8 Å². The van der Waals surface area contributed by atoms with Crippen molar-refractivity contribution < 1.29 is 13.2 Å². The number of piperazine rings is 1. The van der Waals surface area contributed by atoms with Gasteiger partial charge in [-0.1, -0.05) is 30.3 Å². The van der Waals surface area contributed by atoms with Crippen LogP contribution in [0.25, 0.3) is 0 Å². The SMILES string of the molecule is CC(C)NC(=O)c1cccc(CN2CCN(S(=O)(=O)c3ccccc3)CC2)c1. The molecule has 1 heterocycles. The van der Waals surface area contributed by atoms with Gasteiger partial charge in [-0.3, -0.25) is 9.69 Å². The number of nitrogens with zero attached hydrogens (tertiary/aromatic N) is 2. The van der Waals surface area contributed by atoms with Crippen molar-refractivity contribution in [3.05, 3.63) is 65.7 Å². The third kappa shape index (κ3) is 4.98. The first-order valence-electron chi connectivity index (χ1n) is 9.53. The van der Waals surface area contributed by atoms with Crippen LogP contribution in [-0.2, 0) is 16.6 Å². The number of benzene rings is 2. The number of carbonyl (C=O) groups excluding carboxylic acids is 1. The molecular weight excluding hydrogens is 374 g/mol. The first kappa shape index (κ1) is 20.5. The monoisotopic (exact) mass is 401 g/mol. The minimum Gasteiger partial charge on any atom is -0.350 e. The summed E-state index contributed by atoms with van der Waals surface area (Å²) in [5, 5.41) is 2.90. The summed E-state index contributed by atoms with van der Waals surface area (Å²) in [6, 6.07) is 16.3. The molecule has 0 aliphatic carbocycles. The largest absolute Gasteiger partial charge is 0.350 e. The second kappa shape index (κ2) is 8.86. The van der Waals surface area contributed by atoms with E-state index < -0.39 is 10.0 Å². The summed E-state index contributed by atoms with van der Waals surface area (Å²) in [4.78, 5) is 14.7. The molecule has 0 spiro atoms. The van der Waals surface area contributed by atoms with Crippen molar-refractivity contribution in [2.45, 2.75) is 31.3 Å². The lowest BCUT2D eigenvalue weighted by Crippen LogP contribution is -2.48. The lowest BCUT2D eigenvalue weighted by Gasteiger charge is -2.34. The molecule has 7 heteroatoms. The van der Waals surface area contributed by atoms with Gasteiger partial charge in [0.15, 0.2) is 0 Å². The van der Waals surface area contributed by atoms with E-state index in [1.807, 2.05) is 44.2 Å². The van der Waals surface area contributed by atoms with Crippen molar-refractivity contribution in [1.29, 1.82) is 0 Å². The Labute approximate surface area is 167 Å². The second-order valence-electron chi connectivity index (χ2n) is 7.32. The first-order valence-corrected chi connectivity index (χ1v) is 11.0. The molecule has 1 saturated heterocycles. The van der Waals surface area contributed by atoms with Crippen molar-refractivity contribution in [2.75, 3.05) is 26.2 Å². The van der Waals surface area contributed by atoms with Gasteiger partial charge in [0.25, 0.3) is 5.91 Å². The van der Waals surface area contributed by atoms with Crippen LogP contribution < -0.4 is 5.32 Å². The Balaban J connectivity index is 1.60. The van der Waals surface area contributed by atoms with Crippen LogP contribution in [0.3, 0.4) is 0 Å². The van der Waals surface area contributed by atoms with E-state index in [1.165, 1.54) is 0 Å². The van der Waals surface area contributed by atoms with Gasteiger partial charge < -0.3 is 5.32 Å². The number of sulfonamides is 1. The number of hydrogen-bond donors (Lipinski definition) is 1. The molecule has 0 saturated carbocycles. The van der Waals surface area contributed by atoms with Crippen molar-refractivity contribution in [3.8, 4) is 0 Å². The number of rotatable bonds is 6. The van der Waals surface area contributed by atoms with E-state index in [9.17, 15) is 13.2 Å². The highest BCUT2D eigenvalue weighted by atomic mass is 32.2. The average Bonchev–Trinajstić information content (AvgIpc) is 2.69. The normalized spacial score (nSPS) is 16.2. The Morgan fingerprint density at radius 1 is 1.00 bits per heavy atom. The molecule has 1 fully saturated rings. The predicted octanol–water partition coefficient (Wildman–Crippen LogP) is 2.33. The van der Waals surface area contributed by atoms with Crippen LogP contribution in [0.2, 0.25) is 0 Å². The Bertz CT molecular complexity index is 906. The van der Waals surface area contributed by atoms with E-state index in [4.69, 9.17) is 0 Å². The van der Waals surface area contributed by atoms with Crippen LogP contribution in [0.5, 0.6) is 0 Å². The molecule has 0 unspecified atom stereocenters. The molecule has 0 bridgehead atoms. The smallest absolute Gasteiger partial charge is 0.251 e. The third-order valence-corrected chi connectivity index (χ3v) is 6.64.